The van der Waals surface area contributed by atoms with E-state index in [1.807, 2.05) is 0 Å². The number of hydrogen-bond acceptors (Lipinski definition) is 3. The molecule has 0 aliphatic heterocycles. The third-order valence-corrected chi connectivity index (χ3v) is 3.83. The Balaban J connectivity index is 2.28. The van der Waals surface area contributed by atoms with Crippen LogP contribution in [0.2, 0.25) is 0 Å². The van der Waals surface area contributed by atoms with Gasteiger partial charge in [0.2, 0.25) is 0 Å². The van der Waals surface area contributed by atoms with E-state index < -0.39 is 22.5 Å². The van der Waals surface area contributed by atoms with Gasteiger partial charge in [0.15, 0.2) is 0 Å². The molecule has 0 saturated heterocycles. The monoisotopic (exact) mass is 296 g/mol. The van der Waals surface area contributed by atoms with Crippen molar-refractivity contribution in [2.75, 3.05) is 5.75 Å². The summed E-state index contributed by atoms with van der Waals surface area (Å²) in [5.74, 6) is -1.75. The van der Waals surface area contributed by atoms with Gasteiger partial charge in [0.25, 0.3) is 0 Å². The molecule has 0 saturated carbocycles. The lowest BCUT2D eigenvalue weighted by Gasteiger charge is -2.02. The maximum Gasteiger partial charge on any atom is 0.316 e. The summed E-state index contributed by atoms with van der Waals surface area (Å²) in [5, 5.41) is 12.9. The van der Waals surface area contributed by atoms with Gasteiger partial charge in [0, 0.05) is 35.2 Å². The van der Waals surface area contributed by atoms with Crippen molar-refractivity contribution in [3.8, 4) is 11.3 Å². The lowest BCUT2D eigenvalue weighted by molar-refractivity contribution is -0.133. The van der Waals surface area contributed by atoms with E-state index in [0.717, 1.165) is 0 Å². The molecule has 5 nitrogen and oxygen atoms in total. The summed E-state index contributed by atoms with van der Waals surface area (Å²) in [6, 6.07) is 5.81. The van der Waals surface area contributed by atoms with E-state index in [1.54, 1.807) is 30.1 Å². The maximum absolute atomic E-state index is 12.9. The molecule has 1 aromatic carbocycles. The van der Waals surface area contributed by atoms with Crippen molar-refractivity contribution < 1.29 is 18.5 Å². The molecule has 0 amide bonds. The molecule has 0 aliphatic rings. The molecule has 0 radical (unpaired) electrons. The highest BCUT2D eigenvalue weighted by atomic mass is 32.2. The summed E-state index contributed by atoms with van der Waals surface area (Å²) in [5.41, 5.74) is 1.97. The summed E-state index contributed by atoms with van der Waals surface area (Å²) in [6.45, 7) is 0. The van der Waals surface area contributed by atoms with Gasteiger partial charge in [-0.3, -0.25) is 13.7 Å². The van der Waals surface area contributed by atoms with Gasteiger partial charge in [-0.2, -0.15) is 5.10 Å². The quantitative estimate of drug-likeness (QED) is 0.909. The van der Waals surface area contributed by atoms with Crippen molar-refractivity contribution in [2.45, 2.75) is 5.75 Å². The molecule has 0 fully saturated rings. The second-order valence-electron chi connectivity index (χ2n) is 4.31. The highest BCUT2D eigenvalue weighted by Gasteiger charge is 2.14. The van der Waals surface area contributed by atoms with Gasteiger partial charge in [-0.25, -0.2) is 4.39 Å². The minimum Gasteiger partial charge on any atom is -0.481 e. The van der Waals surface area contributed by atoms with E-state index in [-0.39, 0.29) is 11.6 Å². The molecule has 1 N–H and O–H groups in total. The van der Waals surface area contributed by atoms with Gasteiger partial charge in [-0.1, -0.05) is 0 Å². The first kappa shape index (κ1) is 14.4. The molecule has 20 heavy (non-hydrogen) atoms. The predicted octanol–water partition coefficient (Wildman–Crippen LogP) is 1.56. The zero-order chi connectivity index (χ0) is 14.7. The van der Waals surface area contributed by atoms with Crippen LogP contribution in [0, 0.1) is 5.82 Å². The smallest absolute Gasteiger partial charge is 0.316 e. The van der Waals surface area contributed by atoms with Crippen LogP contribution >= 0.6 is 0 Å². The van der Waals surface area contributed by atoms with Gasteiger partial charge >= 0.3 is 5.97 Å². The van der Waals surface area contributed by atoms with E-state index in [9.17, 15) is 13.4 Å². The number of aliphatic carboxylic acids is 1. The third kappa shape index (κ3) is 3.51. The van der Waals surface area contributed by atoms with Crippen molar-refractivity contribution in [3.63, 3.8) is 0 Å². The third-order valence-electron chi connectivity index (χ3n) is 2.62. The highest BCUT2D eigenvalue weighted by molar-refractivity contribution is 7.84. The van der Waals surface area contributed by atoms with Crippen LogP contribution in [0.3, 0.4) is 0 Å². The van der Waals surface area contributed by atoms with Gasteiger partial charge in [-0.15, -0.1) is 0 Å². The van der Waals surface area contributed by atoms with E-state index in [0.29, 0.717) is 16.8 Å². The Morgan fingerprint density at radius 3 is 2.65 bits per heavy atom. The average molecular weight is 296 g/mol. The van der Waals surface area contributed by atoms with Crippen LogP contribution in [0.5, 0.6) is 0 Å². The van der Waals surface area contributed by atoms with Gasteiger partial charge in [0.1, 0.15) is 11.6 Å². The van der Waals surface area contributed by atoms with Gasteiger partial charge in [-0.05, 0) is 24.3 Å². The van der Waals surface area contributed by atoms with E-state index >= 15 is 0 Å². The summed E-state index contributed by atoms with van der Waals surface area (Å²) in [6.07, 6.45) is 1.69. The number of benzene rings is 1. The number of aryl methyl sites for hydroxylation is 1. The topological polar surface area (TPSA) is 72.2 Å². The molecule has 106 valence electrons. The van der Waals surface area contributed by atoms with Crippen molar-refractivity contribution in [3.05, 3.63) is 41.8 Å². The number of carboxylic acids is 1. The minimum absolute atomic E-state index is 0.104. The molecule has 2 aromatic rings. The molecule has 0 aliphatic carbocycles. The second-order valence-corrected chi connectivity index (χ2v) is 5.76. The van der Waals surface area contributed by atoms with E-state index in [4.69, 9.17) is 5.11 Å². The van der Waals surface area contributed by atoms with Crippen LogP contribution in [0.1, 0.15) is 5.56 Å². The van der Waals surface area contributed by atoms with Crippen LogP contribution in [0.25, 0.3) is 11.3 Å². The lowest BCUT2D eigenvalue weighted by Crippen LogP contribution is -2.10. The number of rotatable bonds is 5. The van der Waals surface area contributed by atoms with Crippen LogP contribution in [-0.4, -0.2) is 30.8 Å². The fourth-order valence-electron chi connectivity index (χ4n) is 1.86. The summed E-state index contributed by atoms with van der Waals surface area (Å²) in [4.78, 5) is 10.5. The van der Waals surface area contributed by atoms with Crippen molar-refractivity contribution >= 4 is 16.8 Å². The molecular weight excluding hydrogens is 283 g/mol. The number of hydrogen-bond donors (Lipinski definition) is 1. The van der Waals surface area contributed by atoms with E-state index in [2.05, 4.69) is 5.10 Å². The Morgan fingerprint density at radius 2 is 2.05 bits per heavy atom. The van der Waals surface area contributed by atoms with Crippen molar-refractivity contribution in [1.82, 2.24) is 9.78 Å². The number of carbonyl (C=O) groups is 1. The molecule has 7 heteroatoms. The molecule has 0 bridgehead atoms. The van der Waals surface area contributed by atoms with Crippen LogP contribution in [0.4, 0.5) is 4.39 Å². The molecule has 1 atom stereocenters. The maximum atomic E-state index is 12.9. The standard InChI is InChI=1S/C13H13FN2O3S/c1-16-6-10(7-20(19)8-12(17)18)13(15-16)9-2-4-11(14)5-3-9/h2-6H,7-8H2,1H3,(H,17,18). The predicted molar refractivity (Wildman–Crippen MR) is 73.0 cm³/mol. The molecule has 1 unspecified atom stereocenters. The number of nitrogens with zero attached hydrogens (tertiary/aromatic N) is 2. The molecule has 1 heterocycles. The summed E-state index contributed by atoms with van der Waals surface area (Å²) in [7, 11) is 0.216. The Bertz CT molecular complexity index is 652. The zero-order valence-electron chi connectivity index (χ0n) is 10.7. The van der Waals surface area contributed by atoms with Gasteiger partial charge < -0.3 is 5.11 Å². The van der Waals surface area contributed by atoms with E-state index in [1.165, 1.54) is 12.1 Å². The molecular formula is C13H13FN2O3S. The van der Waals surface area contributed by atoms with Crippen molar-refractivity contribution in [1.29, 1.82) is 0 Å². The zero-order valence-corrected chi connectivity index (χ0v) is 11.6. The average Bonchev–Trinajstić information content (AvgIpc) is 2.70. The normalized spacial score (nSPS) is 12.3. The minimum atomic E-state index is -1.50. The Hall–Kier alpha value is -2.02. The molecule has 1 aromatic heterocycles. The van der Waals surface area contributed by atoms with Crippen molar-refractivity contribution in [2.24, 2.45) is 7.05 Å². The molecule has 2 rings (SSSR count). The summed E-state index contributed by atoms with van der Waals surface area (Å²) < 4.78 is 26.2. The van der Waals surface area contributed by atoms with Crippen LogP contribution in [-0.2, 0) is 28.4 Å². The largest absolute Gasteiger partial charge is 0.481 e. The highest BCUT2D eigenvalue weighted by Crippen LogP contribution is 2.23. The first-order valence-electron chi connectivity index (χ1n) is 5.81. The Morgan fingerprint density at radius 1 is 1.40 bits per heavy atom. The fraction of sp³-hybridized carbons (Fsp3) is 0.231. The van der Waals surface area contributed by atoms with Crippen LogP contribution in [0.15, 0.2) is 30.5 Å². The number of carboxylic acid groups (broad SMARTS) is 1. The van der Waals surface area contributed by atoms with Crippen LogP contribution < -0.4 is 0 Å². The van der Waals surface area contributed by atoms with Gasteiger partial charge in [0.05, 0.1) is 11.4 Å². The fourth-order valence-corrected chi connectivity index (χ4v) is 2.79. The number of aromatic nitrogens is 2. The first-order valence-corrected chi connectivity index (χ1v) is 7.29. The SMILES string of the molecule is Cn1cc(CS(=O)CC(=O)O)c(-c2ccc(F)cc2)n1. The lowest BCUT2D eigenvalue weighted by atomic mass is 10.1. The molecule has 0 spiro atoms. The first-order chi connectivity index (χ1) is 9.45. The summed E-state index contributed by atoms with van der Waals surface area (Å²) >= 11 is 0. The number of halogens is 1. The Labute approximate surface area is 117 Å². The second kappa shape index (κ2) is 5.96. The Kier molecular flexibility index (Phi) is 4.29.